The molecule has 3 fully saturated rings. The van der Waals surface area contributed by atoms with Crippen LogP contribution in [-0.2, 0) is 54.1 Å². The van der Waals surface area contributed by atoms with Crippen LogP contribution in [0.15, 0.2) is 172 Å². The molecule has 0 amide bonds. The number of allylic oxidation sites excluding steroid dienone is 5. The van der Waals surface area contributed by atoms with Gasteiger partial charge in [0.05, 0.1) is 25.4 Å². The van der Waals surface area contributed by atoms with Gasteiger partial charge in [-0.25, -0.2) is 9.59 Å². The van der Waals surface area contributed by atoms with Gasteiger partial charge < -0.3 is 43.8 Å². The maximum absolute atomic E-state index is 16.9. The van der Waals surface area contributed by atoms with Crippen molar-refractivity contribution >= 4 is 35.1 Å². The summed E-state index contributed by atoms with van der Waals surface area (Å²) in [6.07, 6.45) is 30.9. The molecule has 3 spiro atoms. The van der Waals surface area contributed by atoms with Crippen molar-refractivity contribution in [2.45, 2.75) is 193 Å². The molecule has 12 nitrogen and oxygen atoms in total. The van der Waals surface area contributed by atoms with Crippen molar-refractivity contribution in [3.05, 3.63) is 262 Å². The summed E-state index contributed by atoms with van der Waals surface area (Å²) in [6, 6.07) is 44.2. The molecule has 3 aliphatic heterocycles. The van der Waals surface area contributed by atoms with E-state index in [9.17, 15) is 20.4 Å². The number of esters is 2. The Hall–Kier alpha value is -8.23. The molecule has 538 valence electrons. The number of benzene rings is 6. The average Bonchev–Trinajstić information content (AvgIpc) is 1.65. The summed E-state index contributed by atoms with van der Waals surface area (Å²) in [5.74, 6) is -1.76. The number of hydrogen-bond acceptors (Lipinski definition) is 12. The molecule has 105 heavy (non-hydrogen) atoms. The molecule has 0 radical (unpaired) electrons. The Balaban J connectivity index is 0.867. The Morgan fingerprint density at radius 1 is 0.733 bits per heavy atom. The van der Waals surface area contributed by atoms with E-state index in [0.29, 0.717) is 47.0 Å². The maximum Gasteiger partial charge on any atom is 0.340 e. The zero-order valence-corrected chi connectivity index (χ0v) is 60.0. The minimum absolute atomic E-state index is 0.00449. The van der Waals surface area contributed by atoms with Gasteiger partial charge in [-0.3, -0.25) is 4.79 Å². The fraction of sp³-hybridized carbons (Fsp3) is 0.452. The molecule has 4 N–H and O–H groups in total. The molecule has 7 aromatic rings. The molecule has 21 bridgehead atoms. The van der Waals surface area contributed by atoms with Gasteiger partial charge in [-0.1, -0.05) is 171 Å². The van der Waals surface area contributed by atoms with Crippen molar-refractivity contribution in [3.8, 4) is 5.75 Å². The fourth-order valence-electron chi connectivity index (χ4n) is 25.5. The molecule has 17 atom stereocenters. The van der Waals surface area contributed by atoms with Crippen molar-refractivity contribution in [2.24, 2.45) is 40.9 Å². The highest BCUT2D eigenvalue weighted by Crippen LogP contribution is 2.72. The lowest BCUT2D eigenvalue weighted by Gasteiger charge is -2.57. The summed E-state index contributed by atoms with van der Waals surface area (Å²) in [5.41, 5.74) is 15.3. The number of carbonyl (C=O) groups is 2. The lowest BCUT2D eigenvalue weighted by molar-refractivity contribution is -0.210. The van der Waals surface area contributed by atoms with E-state index in [4.69, 9.17) is 23.4 Å². The van der Waals surface area contributed by atoms with Gasteiger partial charge in [-0.15, -0.1) is 0 Å². The standard InChI is InChI=1S/C93H94O12/c1-52(48-95)71-45-73-68-28-21-58-42-72(68)61-43-79(73)90(34-4-5-35-90)62-23-16-53(17-24-62)39-54-15-18-56-19-25-63-10-6-11-64-26-29-69-67(13-7-14-77(69)93(63,64)78(56)40-54)57-20-27-65(58)60(41-57)44-82(98)102-86-84-80(32-30-70-75(49-96)83(89(100)103-85(70)84)59(33-38-94)50-101-51-97)105-92(87(86)104-88(71)99)37-8-36-91(47-61)76-31-22-55-9-2-3-12-66(55)74(76)46-81(91)92/h2-3,7-9,12-25,27-28,30-32,36,40,42,57,59-61,63-65,73-74,76,79,81,86-87,94-97H,4-6,10-11,26,29,33-35,37-39,41,43-51H2,1H3. The first-order valence-corrected chi connectivity index (χ1v) is 39.6. The summed E-state index contributed by atoms with van der Waals surface area (Å²) in [4.78, 5) is 48.8. The number of carbonyl (C=O) groups excluding carboxylic acids is 2. The average molecular weight is 1400 g/mol. The third-order valence-electron chi connectivity index (χ3n) is 29.8. The Kier molecular flexibility index (Phi) is 15.9. The predicted octanol–water partition coefficient (Wildman–Crippen LogP) is 16.7. The van der Waals surface area contributed by atoms with Gasteiger partial charge in [0.2, 0.25) is 0 Å². The monoisotopic (exact) mass is 1400 g/mol. The van der Waals surface area contributed by atoms with Gasteiger partial charge in [-0.05, 0) is 239 Å². The summed E-state index contributed by atoms with van der Waals surface area (Å²) in [5, 5.41) is 44.0. The Bertz CT molecular complexity index is 4960. The number of aliphatic hydroxyl groups excluding tert-OH is 4. The highest BCUT2D eigenvalue weighted by atomic mass is 16.6. The van der Waals surface area contributed by atoms with Crippen molar-refractivity contribution in [1.82, 2.24) is 0 Å². The Morgan fingerprint density at radius 2 is 1.58 bits per heavy atom. The van der Waals surface area contributed by atoms with Gasteiger partial charge >= 0.3 is 17.6 Å². The van der Waals surface area contributed by atoms with E-state index in [2.05, 4.69) is 152 Å². The van der Waals surface area contributed by atoms with Crippen LogP contribution in [0.1, 0.15) is 240 Å². The zero-order valence-electron chi connectivity index (χ0n) is 60.0. The van der Waals surface area contributed by atoms with Crippen LogP contribution in [0.4, 0.5) is 0 Å². The van der Waals surface area contributed by atoms with Crippen molar-refractivity contribution in [2.75, 3.05) is 26.6 Å². The van der Waals surface area contributed by atoms with Crippen LogP contribution in [0.3, 0.4) is 0 Å². The predicted molar refractivity (Wildman–Crippen MR) is 402 cm³/mol. The van der Waals surface area contributed by atoms with Gasteiger partial charge in [0.15, 0.2) is 17.8 Å². The van der Waals surface area contributed by atoms with Gasteiger partial charge in [0, 0.05) is 70.5 Å². The molecular formula is C93H94O12. The molecular weight excluding hydrogens is 1310 g/mol. The largest absolute Gasteiger partial charge is 0.482 e. The molecule has 20 aliphatic rings. The molecule has 17 aliphatic carbocycles. The third-order valence-corrected chi connectivity index (χ3v) is 29.8. The second kappa shape index (κ2) is 25.2. The number of hydrogen-bond donors (Lipinski definition) is 4. The van der Waals surface area contributed by atoms with Crippen LogP contribution in [-0.4, -0.2) is 70.7 Å². The maximum atomic E-state index is 16.9. The number of fused-ring (bicyclic) bond motifs is 7. The first kappa shape index (κ1) is 66.2. The molecule has 3 saturated carbocycles. The van der Waals surface area contributed by atoms with E-state index >= 15 is 14.4 Å². The molecule has 27 rings (SSSR count). The first-order valence-electron chi connectivity index (χ1n) is 39.6. The van der Waals surface area contributed by atoms with E-state index in [1.54, 1.807) is 6.07 Å². The smallest absolute Gasteiger partial charge is 0.340 e. The van der Waals surface area contributed by atoms with Crippen molar-refractivity contribution < 1.29 is 53.4 Å². The number of aliphatic hydroxyl groups is 4. The number of rotatable bonds is 8. The SMILES string of the molecule is CC(CO)=C1CC2c3ccc4cc3C3CC2C2(CCCC2)c2ccc(cc2)Cc2ccc5c(c2)C26c7cccc(c7CCC2CCCC6C=C5)C2C=CC4C(CC(=O)OC4c5c(ccc6c(CO)c(C(CCO)COCO)c(=O)oc56)OC5(CC=CC6(C3)C3C=Cc7ccccc7C3CC65)C4OC1=O)C2. The fourth-order valence-corrected chi connectivity index (χ4v) is 25.5. The van der Waals surface area contributed by atoms with E-state index in [1.165, 1.54) is 79.6 Å². The van der Waals surface area contributed by atoms with Crippen molar-refractivity contribution in [3.63, 3.8) is 0 Å². The second-order valence-corrected chi connectivity index (χ2v) is 34.0. The van der Waals surface area contributed by atoms with Crippen molar-refractivity contribution in [1.29, 1.82) is 0 Å². The Morgan fingerprint density at radius 3 is 2.43 bits per heavy atom. The number of ether oxygens (including phenoxy) is 4. The minimum atomic E-state index is -1.44. The van der Waals surface area contributed by atoms with Crippen LogP contribution in [0.5, 0.6) is 5.75 Å². The second-order valence-electron chi connectivity index (χ2n) is 34.0. The molecule has 12 heteroatoms. The van der Waals surface area contributed by atoms with Crippen LogP contribution >= 0.6 is 0 Å². The summed E-state index contributed by atoms with van der Waals surface area (Å²) in [7, 11) is 0. The van der Waals surface area contributed by atoms with Gasteiger partial charge in [-0.2, -0.15) is 0 Å². The minimum Gasteiger partial charge on any atom is -0.482 e. The molecule has 0 saturated heterocycles. The van der Waals surface area contributed by atoms with Crippen LogP contribution in [0, 0.1) is 40.9 Å². The third kappa shape index (κ3) is 9.76. The quantitative estimate of drug-likeness (QED) is 0.0372. The summed E-state index contributed by atoms with van der Waals surface area (Å²) in [6.45, 7) is -0.236. The Labute approximate surface area is 614 Å². The summed E-state index contributed by atoms with van der Waals surface area (Å²) >= 11 is 0. The van der Waals surface area contributed by atoms with Crippen LogP contribution < -0.4 is 10.4 Å². The zero-order chi connectivity index (χ0) is 70.8. The highest BCUT2D eigenvalue weighted by Gasteiger charge is 2.70. The van der Waals surface area contributed by atoms with E-state index in [0.717, 1.165) is 69.8 Å². The van der Waals surface area contributed by atoms with E-state index in [-0.39, 0.29) is 125 Å². The van der Waals surface area contributed by atoms with E-state index < -0.39 is 66.7 Å². The lowest BCUT2D eigenvalue weighted by atomic mass is 9.48. The van der Waals surface area contributed by atoms with Crippen LogP contribution in [0.2, 0.25) is 0 Å². The first-order chi connectivity index (χ1) is 51.4. The van der Waals surface area contributed by atoms with Gasteiger partial charge in [0.25, 0.3) is 0 Å². The summed E-state index contributed by atoms with van der Waals surface area (Å²) < 4.78 is 35.4. The van der Waals surface area contributed by atoms with E-state index in [1.807, 2.05) is 13.0 Å². The highest BCUT2D eigenvalue weighted by molar-refractivity contribution is 5.91. The van der Waals surface area contributed by atoms with Gasteiger partial charge in [0.1, 0.15) is 18.1 Å². The molecule has 17 unspecified atom stereocenters. The normalized spacial score (nSPS) is 33.5. The topological polar surface area (TPSA) is 182 Å². The molecule has 6 aromatic carbocycles. The molecule has 4 heterocycles. The lowest BCUT2D eigenvalue weighted by Crippen LogP contribution is -2.64. The van der Waals surface area contributed by atoms with Crippen LogP contribution in [0.25, 0.3) is 23.1 Å². The molecule has 1 aromatic heterocycles.